The number of aromatic nitrogens is 1. The highest BCUT2D eigenvalue weighted by Crippen LogP contribution is 2.25. The Morgan fingerprint density at radius 3 is 2.61 bits per heavy atom. The van der Waals surface area contributed by atoms with Crippen LogP contribution in [0.15, 0.2) is 54.7 Å². The van der Waals surface area contributed by atoms with Gasteiger partial charge in [0.25, 0.3) is 0 Å². The van der Waals surface area contributed by atoms with Gasteiger partial charge >= 0.3 is 0 Å². The molecule has 0 spiro atoms. The highest BCUT2D eigenvalue weighted by atomic mass is 14.7. The summed E-state index contributed by atoms with van der Waals surface area (Å²) in [5, 5.41) is 9.90. The van der Waals surface area contributed by atoms with Gasteiger partial charge in [0, 0.05) is 17.1 Å². The highest BCUT2D eigenvalue weighted by Gasteiger charge is 2.04. The molecule has 1 heterocycles. The molecule has 0 unspecified atom stereocenters. The normalized spacial score (nSPS) is 10.4. The predicted octanol–water partition coefficient (Wildman–Crippen LogP) is 3.90. The lowest BCUT2D eigenvalue weighted by molar-refractivity contribution is 1.28. The summed E-state index contributed by atoms with van der Waals surface area (Å²) in [6.07, 6.45) is 2.37. The summed E-state index contributed by atoms with van der Waals surface area (Å²) in [7, 11) is 0. The van der Waals surface area contributed by atoms with E-state index in [1.165, 1.54) is 11.1 Å². The molecule has 0 aliphatic rings. The fourth-order valence-corrected chi connectivity index (χ4v) is 2.23. The van der Waals surface area contributed by atoms with Crippen molar-refractivity contribution in [1.29, 1.82) is 5.26 Å². The number of nitrogens with zero attached hydrogens (tertiary/aromatic N) is 1. The number of fused-ring (bicyclic) bond motifs is 1. The fourth-order valence-electron chi connectivity index (χ4n) is 2.23. The van der Waals surface area contributed by atoms with E-state index in [4.69, 9.17) is 5.26 Å². The molecule has 0 saturated heterocycles. The molecule has 0 aliphatic heterocycles. The summed E-state index contributed by atoms with van der Waals surface area (Å²) < 4.78 is 0. The Kier molecular flexibility index (Phi) is 2.59. The van der Waals surface area contributed by atoms with E-state index in [9.17, 15) is 0 Å². The molecule has 3 aromatic rings. The topological polar surface area (TPSA) is 39.6 Å². The van der Waals surface area contributed by atoms with Crippen LogP contribution in [0.1, 0.15) is 5.56 Å². The van der Waals surface area contributed by atoms with Crippen LogP contribution in [0.25, 0.3) is 22.0 Å². The Balaban J connectivity index is 2.11. The summed E-state index contributed by atoms with van der Waals surface area (Å²) in [4.78, 5) is 3.23. The first-order valence-corrected chi connectivity index (χ1v) is 5.91. The average molecular weight is 232 g/mol. The van der Waals surface area contributed by atoms with Gasteiger partial charge in [-0.3, -0.25) is 0 Å². The van der Waals surface area contributed by atoms with Crippen molar-refractivity contribution in [3.8, 4) is 17.2 Å². The van der Waals surface area contributed by atoms with Crippen molar-refractivity contribution in [2.75, 3.05) is 0 Å². The van der Waals surface area contributed by atoms with Crippen LogP contribution in [0, 0.1) is 11.3 Å². The molecule has 3 rings (SSSR count). The summed E-state index contributed by atoms with van der Waals surface area (Å²) in [5.74, 6) is 0. The molecule has 0 atom stereocenters. The number of benzene rings is 2. The second-order valence-corrected chi connectivity index (χ2v) is 4.28. The molecule has 0 amide bonds. The minimum absolute atomic E-state index is 0.449. The van der Waals surface area contributed by atoms with Crippen LogP contribution < -0.4 is 0 Å². The van der Waals surface area contributed by atoms with Gasteiger partial charge in [-0.25, -0.2) is 0 Å². The molecule has 0 aliphatic carbocycles. The summed E-state index contributed by atoms with van der Waals surface area (Å²) in [6.45, 7) is 0. The third-order valence-electron chi connectivity index (χ3n) is 3.14. The second kappa shape index (κ2) is 4.38. The Hall–Kier alpha value is -2.53. The molecule has 0 bridgehead atoms. The van der Waals surface area contributed by atoms with Crippen molar-refractivity contribution in [3.63, 3.8) is 0 Å². The van der Waals surface area contributed by atoms with Crippen LogP contribution in [0.2, 0.25) is 0 Å². The zero-order chi connectivity index (χ0) is 12.4. The molecule has 0 fully saturated rings. The average Bonchev–Trinajstić information content (AvgIpc) is 2.83. The van der Waals surface area contributed by atoms with Crippen LogP contribution in [-0.2, 0) is 6.42 Å². The van der Waals surface area contributed by atoms with Gasteiger partial charge in [-0.15, -0.1) is 0 Å². The molecular weight excluding hydrogens is 220 g/mol. The van der Waals surface area contributed by atoms with Crippen molar-refractivity contribution >= 4 is 10.9 Å². The number of aromatic amines is 1. The maximum Gasteiger partial charge on any atom is 0.0670 e. The Bertz CT molecular complexity index is 718. The van der Waals surface area contributed by atoms with Crippen molar-refractivity contribution in [3.05, 3.63) is 60.3 Å². The van der Waals surface area contributed by atoms with E-state index in [0.717, 1.165) is 16.5 Å². The minimum Gasteiger partial charge on any atom is -0.361 e. The molecule has 1 aromatic heterocycles. The van der Waals surface area contributed by atoms with E-state index in [1.54, 1.807) is 0 Å². The lowest BCUT2D eigenvalue weighted by atomic mass is 10.0. The first-order chi connectivity index (χ1) is 8.88. The smallest absolute Gasteiger partial charge is 0.0670 e. The van der Waals surface area contributed by atoms with Crippen molar-refractivity contribution in [2.24, 2.45) is 0 Å². The van der Waals surface area contributed by atoms with Gasteiger partial charge < -0.3 is 4.98 Å². The lowest BCUT2D eigenvalue weighted by Gasteiger charge is -2.01. The van der Waals surface area contributed by atoms with Gasteiger partial charge in [-0.1, -0.05) is 42.5 Å². The molecule has 0 radical (unpaired) electrons. The molecule has 1 N–H and O–H groups in total. The quantitative estimate of drug-likeness (QED) is 0.715. The molecule has 0 saturated carbocycles. The third-order valence-corrected chi connectivity index (χ3v) is 3.14. The Morgan fingerprint density at radius 1 is 1.00 bits per heavy atom. The van der Waals surface area contributed by atoms with E-state index in [0.29, 0.717) is 6.42 Å². The Labute approximate surface area is 106 Å². The van der Waals surface area contributed by atoms with Gasteiger partial charge in [0.15, 0.2) is 0 Å². The number of hydrogen-bond donors (Lipinski definition) is 1. The number of nitrogens with one attached hydrogen (secondary N) is 1. The van der Waals surface area contributed by atoms with Crippen LogP contribution in [0.5, 0.6) is 0 Å². The highest BCUT2D eigenvalue weighted by molar-refractivity contribution is 5.87. The molecule has 2 aromatic carbocycles. The van der Waals surface area contributed by atoms with E-state index < -0.39 is 0 Å². The van der Waals surface area contributed by atoms with Crippen LogP contribution in [0.4, 0.5) is 0 Å². The van der Waals surface area contributed by atoms with Crippen molar-refractivity contribution in [1.82, 2.24) is 4.98 Å². The standard InChI is InChI=1S/C16H12N2/c17-9-8-14-11-18-16-10-13(6-7-15(14)16)12-4-2-1-3-5-12/h1-7,10-11,18H,8H2. The molecule has 18 heavy (non-hydrogen) atoms. The number of hydrogen-bond acceptors (Lipinski definition) is 1. The second-order valence-electron chi connectivity index (χ2n) is 4.28. The van der Waals surface area contributed by atoms with E-state index in [1.807, 2.05) is 24.4 Å². The minimum atomic E-state index is 0.449. The summed E-state index contributed by atoms with van der Waals surface area (Å²) in [5.41, 5.74) is 4.54. The van der Waals surface area contributed by atoms with Crippen LogP contribution in [0.3, 0.4) is 0 Å². The number of H-pyrrole nitrogens is 1. The van der Waals surface area contributed by atoms with Gasteiger partial charge in [0.1, 0.15) is 0 Å². The van der Waals surface area contributed by atoms with Crippen LogP contribution in [-0.4, -0.2) is 4.98 Å². The zero-order valence-corrected chi connectivity index (χ0v) is 9.85. The fraction of sp³-hybridized carbons (Fsp3) is 0.0625. The molecule has 2 nitrogen and oxygen atoms in total. The lowest BCUT2D eigenvalue weighted by Crippen LogP contribution is -1.79. The molecular formula is C16H12N2. The maximum atomic E-state index is 8.77. The SMILES string of the molecule is N#CCc1c[nH]c2cc(-c3ccccc3)ccc12. The summed E-state index contributed by atoms with van der Waals surface area (Å²) >= 11 is 0. The largest absolute Gasteiger partial charge is 0.361 e. The Morgan fingerprint density at radius 2 is 1.83 bits per heavy atom. The zero-order valence-electron chi connectivity index (χ0n) is 9.85. The van der Waals surface area contributed by atoms with Crippen molar-refractivity contribution < 1.29 is 0 Å². The molecule has 86 valence electrons. The van der Waals surface area contributed by atoms with E-state index in [-0.39, 0.29) is 0 Å². The van der Waals surface area contributed by atoms with Crippen molar-refractivity contribution in [2.45, 2.75) is 6.42 Å². The van der Waals surface area contributed by atoms with Crippen LogP contribution >= 0.6 is 0 Å². The van der Waals surface area contributed by atoms with Gasteiger partial charge in [0.2, 0.25) is 0 Å². The summed E-state index contributed by atoms with van der Waals surface area (Å²) in [6, 6.07) is 18.8. The molecule has 2 heteroatoms. The predicted molar refractivity (Wildman–Crippen MR) is 73.1 cm³/mol. The number of nitriles is 1. The van der Waals surface area contributed by atoms with Gasteiger partial charge in [0.05, 0.1) is 12.5 Å². The number of rotatable bonds is 2. The van der Waals surface area contributed by atoms with E-state index >= 15 is 0 Å². The third kappa shape index (κ3) is 1.76. The van der Waals surface area contributed by atoms with E-state index in [2.05, 4.69) is 41.4 Å². The van der Waals surface area contributed by atoms with Gasteiger partial charge in [-0.05, 0) is 22.8 Å². The first-order valence-electron chi connectivity index (χ1n) is 5.91. The monoisotopic (exact) mass is 232 g/mol. The maximum absolute atomic E-state index is 8.77. The first kappa shape index (κ1) is 10.6. The van der Waals surface area contributed by atoms with Gasteiger partial charge in [-0.2, -0.15) is 5.26 Å².